The Morgan fingerprint density at radius 2 is 2.09 bits per heavy atom. The summed E-state index contributed by atoms with van der Waals surface area (Å²) in [5.41, 5.74) is 2.39. The number of nitro benzene ring substituents is 1. The number of aryl methyl sites for hydroxylation is 1. The normalized spacial score (nSPS) is 10.7. The number of hydrogen-bond acceptors (Lipinski definition) is 4. The minimum atomic E-state index is -0.451. The molecular formula is C17H13ClN2O3. The van der Waals surface area contributed by atoms with Gasteiger partial charge in [0, 0.05) is 28.2 Å². The molecule has 3 aromatic rings. The molecule has 1 heterocycles. The lowest BCUT2D eigenvalue weighted by Crippen LogP contribution is -2.01. The van der Waals surface area contributed by atoms with Crippen molar-refractivity contribution in [3.8, 4) is 5.75 Å². The molecule has 0 spiro atoms. The van der Waals surface area contributed by atoms with Crippen LogP contribution in [0.3, 0.4) is 0 Å². The maximum atomic E-state index is 11.1. The zero-order valence-corrected chi connectivity index (χ0v) is 13.1. The van der Waals surface area contributed by atoms with Gasteiger partial charge in [-0.2, -0.15) is 0 Å². The quantitative estimate of drug-likeness (QED) is 0.515. The molecule has 0 amide bonds. The van der Waals surface area contributed by atoms with E-state index in [9.17, 15) is 10.1 Å². The van der Waals surface area contributed by atoms with Crippen LogP contribution in [0.5, 0.6) is 5.75 Å². The lowest BCUT2D eigenvalue weighted by molar-refractivity contribution is -0.386. The van der Waals surface area contributed by atoms with Crippen LogP contribution in [0.4, 0.5) is 5.69 Å². The van der Waals surface area contributed by atoms with Gasteiger partial charge in [0.15, 0.2) is 5.75 Å². The second-order valence-corrected chi connectivity index (χ2v) is 5.53. The van der Waals surface area contributed by atoms with Gasteiger partial charge in [0.1, 0.15) is 6.61 Å². The molecule has 6 heteroatoms. The first-order chi connectivity index (χ1) is 11.1. The predicted molar refractivity (Wildman–Crippen MR) is 88.9 cm³/mol. The van der Waals surface area contributed by atoms with Crippen molar-refractivity contribution in [2.75, 3.05) is 0 Å². The molecule has 0 saturated heterocycles. The minimum Gasteiger partial charge on any atom is -0.482 e. The molecule has 0 radical (unpaired) electrons. The summed E-state index contributed by atoms with van der Waals surface area (Å²) < 4.78 is 5.69. The summed E-state index contributed by atoms with van der Waals surface area (Å²) in [6.45, 7) is 2.03. The predicted octanol–water partition coefficient (Wildman–Crippen LogP) is 4.68. The van der Waals surface area contributed by atoms with Gasteiger partial charge in [-0.05, 0) is 36.8 Å². The van der Waals surface area contributed by atoms with Gasteiger partial charge in [0.2, 0.25) is 0 Å². The fraction of sp³-hybridized carbons (Fsp3) is 0.118. The Kier molecular flexibility index (Phi) is 4.12. The van der Waals surface area contributed by atoms with E-state index in [-0.39, 0.29) is 18.0 Å². The van der Waals surface area contributed by atoms with Crippen molar-refractivity contribution in [3.05, 3.63) is 74.9 Å². The summed E-state index contributed by atoms with van der Waals surface area (Å²) in [5, 5.41) is 12.5. The molecule has 0 aliphatic rings. The molecule has 0 atom stereocenters. The third-order valence-electron chi connectivity index (χ3n) is 3.50. The standard InChI is InChI=1S/C17H13ClN2O3/c1-11-4-7-15(20(21)22)16(9-11)23-10-12-5-6-14(18)13-3-2-8-19-17(12)13/h2-9H,10H2,1H3. The summed E-state index contributed by atoms with van der Waals surface area (Å²) in [6, 6.07) is 12.1. The van der Waals surface area contributed by atoms with Crippen molar-refractivity contribution in [2.24, 2.45) is 0 Å². The Hall–Kier alpha value is -2.66. The average molecular weight is 329 g/mol. The maximum absolute atomic E-state index is 11.1. The Balaban J connectivity index is 1.94. The van der Waals surface area contributed by atoms with Crippen molar-refractivity contribution in [2.45, 2.75) is 13.5 Å². The number of rotatable bonds is 4. The van der Waals surface area contributed by atoms with E-state index in [2.05, 4.69) is 4.98 Å². The Morgan fingerprint density at radius 1 is 1.26 bits per heavy atom. The topological polar surface area (TPSA) is 65.3 Å². The summed E-state index contributed by atoms with van der Waals surface area (Å²) >= 11 is 6.16. The monoisotopic (exact) mass is 328 g/mol. The molecule has 0 saturated carbocycles. The van der Waals surface area contributed by atoms with Crippen molar-refractivity contribution in [1.82, 2.24) is 4.98 Å². The van der Waals surface area contributed by atoms with Crippen molar-refractivity contribution < 1.29 is 9.66 Å². The lowest BCUT2D eigenvalue weighted by atomic mass is 10.1. The molecule has 5 nitrogen and oxygen atoms in total. The molecule has 0 bridgehead atoms. The molecule has 0 aliphatic heterocycles. The van der Waals surface area contributed by atoms with Gasteiger partial charge in [-0.1, -0.05) is 23.7 Å². The average Bonchev–Trinajstić information content (AvgIpc) is 2.54. The van der Waals surface area contributed by atoms with E-state index in [1.165, 1.54) is 6.07 Å². The number of fused-ring (bicyclic) bond motifs is 1. The Labute approximate surface area is 137 Å². The van der Waals surface area contributed by atoms with Crippen LogP contribution in [0.1, 0.15) is 11.1 Å². The number of hydrogen-bond donors (Lipinski definition) is 0. The smallest absolute Gasteiger partial charge is 0.310 e. The number of benzene rings is 2. The Morgan fingerprint density at radius 3 is 2.87 bits per heavy atom. The largest absolute Gasteiger partial charge is 0.482 e. The van der Waals surface area contributed by atoms with Crippen molar-refractivity contribution >= 4 is 28.2 Å². The van der Waals surface area contributed by atoms with E-state index in [1.54, 1.807) is 24.4 Å². The maximum Gasteiger partial charge on any atom is 0.310 e. The lowest BCUT2D eigenvalue weighted by Gasteiger charge is -2.10. The van der Waals surface area contributed by atoms with Crippen LogP contribution >= 0.6 is 11.6 Å². The highest BCUT2D eigenvalue weighted by Crippen LogP contribution is 2.30. The molecule has 2 aromatic carbocycles. The summed E-state index contributed by atoms with van der Waals surface area (Å²) in [4.78, 5) is 15.0. The third-order valence-corrected chi connectivity index (χ3v) is 3.82. The third kappa shape index (κ3) is 3.10. The highest BCUT2D eigenvalue weighted by molar-refractivity contribution is 6.35. The number of ether oxygens (including phenoxy) is 1. The van der Waals surface area contributed by atoms with Crippen molar-refractivity contribution in [3.63, 3.8) is 0 Å². The molecule has 3 rings (SSSR count). The van der Waals surface area contributed by atoms with E-state index >= 15 is 0 Å². The first-order valence-electron chi connectivity index (χ1n) is 6.96. The Bertz CT molecular complexity index is 896. The van der Waals surface area contributed by atoms with Gasteiger partial charge in [-0.15, -0.1) is 0 Å². The van der Waals surface area contributed by atoms with Crippen LogP contribution in [-0.4, -0.2) is 9.91 Å². The van der Waals surface area contributed by atoms with Crippen LogP contribution in [0.25, 0.3) is 10.9 Å². The van der Waals surface area contributed by atoms with Crippen LogP contribution in [0.2, 0.25) is 5.02 Å². The SMILES string of the molecule is Cc1ccc([N+](=O)[O-])c(OCc2ccc(Cl)c3cccnc23)c1. The number of nitro groups is 1. The zero-order chi connectivity index (χ0) is 16.4. The number of aromatic nitrogens is 1. The molecule has 23 heavy (non-hydrogen) atoms. The summed E-state index contributed by atoms with van der Waals surface area (Å²) in [6.07, 6.45) is 1.68. The summed E-state index contributed by atoms with van der Waals surface area (Å²) in [5.74, 6) is 0.244. The summed E-state index contributed by atoms with van der Waals surface area (Å²) in [7, 11) is 0. The van der Waals surface area contributed by atoms with Crippen LogP contribution < -0.4 is 4.74 Å². The molecule has 0 N–H and O–H groups in total. The molecule has 1 aromatic heterocycles. The highest BCUT2D eigenvalue weighted by atomic mass is 35.5. The van der Waals surface area contributed by atoms with E-state index in [4.69, 9.17) is 16.3 Å². The van der Waals surface area contributed by atoms with Gasteiger partial charge in [-0.25, -0.2) is 0 Å². The van der Waals surface area contributed by atoms with Gasteiger partial charge >= 0.3 is 5.69 Å². The van der Waals surface area contributed by atoms with Gasteiger partial charge in [-0.3, -0.25) is 15.1 Å². The van der Waals surface area contributed by atoms with Crippen molar-refractivity contribution in [1.29, 1.82) is 0 Å². The van der Waals surface area contributed by atoms with Gasteiger partial charge in [0.05, 0.1) is 10.4 Å². The number of pyridine rings is 1. The van der Waals surface area contributed by atoms with Crippen LogP contribution in [0, 0.1) is 17.0 Å². The molecule has 116 valence electrons. The van der Waals surface area contributed by atoms with E-state index in [0.29, 0.717) is 5.02 Å². The first-order valence-corrected chi connectivity index (χ1v) is 7.34. The highest BCUT2D eigenvalue weighted by Gasteiger charge is 2.15. The fourth-order valence-corrected chi connectivity index (χ4v) is 2.57. The second kappa shape index (κ2) is 6.22. The first kappa shape index (κ1) is 15.2. The molecule has 0 aliphatic carbocycles. The fourth-order valence-electron chi connectivity index (χ4n) is 2.36. The van der Waals surface area contributed by atoms with Crippen LogP contribution in [-0.2, 0) is 6.61 Å². The van der Waals surface area contributed by atoms with Gasteiger partial charge < -0.3 is 4.74 Å². The zero-order valence-electron chi connectivity index (χ0n) is 12.3. The molecular weight excluding hydrogens is 316 g/mol. The van der Waals surface area contributed by atoms with E-state index < -0.39 is 4.92 Å². The van der Waals surface area contributed by atoms with E-state index in [0.717, 1.165) is 22.0 Å². The number of nitrogens with zero attached hydrogens (tertiary/aromatic N) is 2. The number of halogens is 1. The van der Waals surface area contributed by atoms with Gasteiger partial charge in [0.25, 0.3) is 0 Å². The molecule has 0 unspecified atom stereocenters. The minimum absolute atomic E-state index is 0.0539. The van der Waals surface area contributed by atoms with Crippen LogP contribution in [0.15, 0.2) is 48.7 Å². The molecule has 0 fully saturated rings. The second-order valence-electron chi connectivity index (χ2n) is 5.12. The van der Waals surface area contributed by atoms with E-state index in [1.807, 2.05) is 25.1 Å².